The Morgan fingerprint density at radius 2 is 1.92 bits per heavy atom. The Kier molecular flexibility index (Phi) is 1.57. The smallest absolute Gasteiger partial charge is 0.258 e. The Hall–Kier alpha value is -1.38. The molecule has 1 aromatic carbocycles. The standard InChI is InChI=1S/C9H8NO2/c11-10(12)9-4-2-1-3-8(9)7-5-6-7/h1-4H,5-6H2. The van der Waals surface area contributed by atoms with Crippen molar-refractivity contribution in [3.8, 4) is 0 Å². The fourth-order valence-electron chi connectivity index (χ4n) is 1.26. The van der Waals surface area contributed by atoms with Gasteiger partial charge in [0.25, 0.3) is 5.69 Å². The number of nitro benzene ring substituents is 1. The van der Waals surface area contributed by atoms with Crippen molar-refractivity contribution in [3.63, 3.8) is 0 Å². The summed E-state index contributed by atoms with van der Waals surface area (Å²) in [5.74, 6) is 1.21. The summed E-state index contributed by atoms with van der Waals surface area (Å²) in [6.07, 6.45) is 2.04. The first-order chi connectivity index (χ1) is 5.79. The van der Waals surface area contributed by atoms with Gasteiger partial charge in [-0.3, -0.25) is 10.1 Å². The Balaban J connectivity index is 2.43. The van der Waals surface area contributed by atoms with Gasteiger partial charge >= 0.3 is 0 Å². The van der Waals surface area contributed by atoms with Gasteiger partial charge in [0, 0.05) is 17.5 Å². The topological polar surface area (TPSA) is 43.1 Å². The zero-order valence-electron chi connectivity index (χ0n) is 6.49. The first kappa shape index (κ1) is 7.28. The lowest BCUT2D eigenvalue weighted by molar-refractivity contribution is -0.385. The minimum Gasteiger partial charge on any atom is -0.258 e. The van der Waals surface area contributed by atoms with E-state index in [9.17, 15) is 10.1 Å². The van der Waals surface area contributed by atoms with Gasteiger partial charge in [-0.25, -0.2) is 0 Å². The summed E-state index contributed by atoms with van der Waals surface area (Å²) in [6, 6.07) is 6.92. The van der Waals surface area contributed by atoms with Crippen molar-refractivity contribution in [2.75, 3.05) is 0 Å². The summed E-state index contributed by atoms with van der Waals surface area (Å²) < 4.78 is 0. The largest absolute Gasteiger partial charge is 0.273 e. The first-order valence-electron chi connectivity index (χ1n) is 3.87. The molecular weight excluding hydrogens is 154 g/mol. The summed E-state index contributed by atoms with van der Waals surface area (Å²) in [6.45, 7) is 0. The number of nitro groups is 1. The predicted molar refractivity (Wildman–Crippen MR) is 44.7 cm³/mol. The van der Waals surface area contributed by atoms with Crippen LogP contribution in [0.15, 0.2) is 24.3 Å². The monoisotopic (exact) mass is 162 g/mol. The molecule has 1 saturated carbocycles. The van der Waals surface area contributed by atoms with E-state index >= 15 is 0 Å². The van der Waals surface area contributed by atoms with Gasteiger partial charge in [0.1, 0.15) is 0 Å². The molecule has 0 atom stereocenters. The fraction of sp³-hybridized carbons (Fsp3) is 0.222. The molecule has 0 bridgehead atoms. The van der Waals surface area contributed by atoms with Crippen molar-refractivity contribution >= 4 is 5.69 Å². The molecule has 1 radical (unpaired) electrons. The summed E-state index contributed by atoms with van der Waals surface area (Å²) in [4.78, 5) is 10.2. The van der Waals surface area contributed by atoms with Gasteiger partial charge in [-0.1, -0.05) is 18.2 Å². The third-order valence-corrected chi connectivity index (χ3v) is 1.98. The van der Waals surface area contributed by atoms with E-state index in [0.29, 0.717) is 0 Å². The molecule has 1 fully saturated rings. The molecule has 2 rings (SSSR count). The van der Waals surface area contributed by atoms with E-state index < -0.39 is 0 Å². The molecule has 1 aliphatic carbocycles. The Bertz CT molecular complexity index is 318. The Morgan fingerprint density at radius 3 is 2.50 bits per heavy atom. The van der Waals surface area contributed by atoms with Crippen LogP contribution >= 0.6 is 0 Å². The minimum atomic E-state index is -0.319. The third-order valence-electron chi connectivity index (χ3n) is 1.98. The fourth-order valence-corrected chi connectivity index (χ4v) is 1.26. The molecule has 1 aliphatic rings. The average Bonchev–Trinajstić information content (AvgIpc) is 2.87. The zero-order valence-corrected chi connectivity index (χ0v) is 6.49. The van der Waals surface area contributed by atoms with E-state index in [1.54, 1.807) is 12.1 Å². The molecule has 0 unspecified atom stereocenters. The van der Waals surface area contributed by atoms with Crippen molar-refractivity contribution in [1.29, 1.82) is 0 Å². The lowest BCUT2D eigenvalue weighted by Crippen LogP contribution is -1.93. The summed E-state index contributed by atoms with van der Waals surface area (Å²) in [5, 5.41) is 10.5. The van der Waals surface area contributed by atoms with Crippen LogP contribution in [0.1, 0.15) is 18.4 Å². The number of rotatable bonds is 2. The van der Waals surface area contributed by atoms with E-state index in [0.717, 1.165) is 18.4 Å². The molecule has 0 aromatic heterocycles. The lowest BCUT2D eigenvalue weighted by Gasteiger charge is -1.97. The van der Waals surface area contributed by atoms with Gasteiger partial charge in [-0.05, 0) is 12.8 Å². The minimum absolute atomic E-state index is 0.241. The molecule has 0 saturated heterocycles. The number of benzene rings is 1. The maximum atomic E-state index is 10.5. The van der Waals surface area contributed by atoms with Gasteiger partial charge in [0.15, 0.2) is 0 Å². The maximum Gasteiger partial charge on any atom is 0.273 e. The lowest BCUT2D eigenvalue weighted by atomic mass is 10.1. The first-order valence-corrected chi connectivity index (χ1v) is 3.87. The highest BCUT2D eigenvalue weighted by molar-refractivity contribution is 5.51. The molecule has 3 heteroatoms. The van der Waals surface area contributed by atoms with E-state index in [4.69, 9.17) is 0 Å². The van der Waals surface area contributed by atoms with Crippen LogP contribution in [0.3, 0.4) is 0 Å². The normalized spacial score (nSPS) is 16.0. The molecule has 0 heterocycles. The molecule has 0 aliphatic heterocycles. The van der Waals surface area contributed by atoms with Crippen LogP contribution in [-0.2, 0) is 0 Å². The van der Waals surface area contributed by atoms with Gasteiger partial charge in [-0.2, -0.15) is 0 Å². The second-order valence-electron chi connectivity index (χ2n) is 2.88. The van der Waals surface area contributed by atoms with Crippen molar-refractivity contribution < 1.29 is 4.92 Å². The highest BCUT2D eigenvalue weighted by atomic mass is 16.6. The SMILES string of the molecule is O=[N+]([O-])c1ccccc1[C]1CC1. The molecule has 0 N–H and O–H groups in total. The molecular formula is C9H8NO2. The van der Waals surface area contributed by atoms with Gasteiger partial charge in [-0.15, -0.1) is 0 Å². The molecule has 0 spiro atoms. The van der Waals surface area contributed by atoms with Crippen molar-refractivity contribution in [2.24, 2.45) is 0 Å². The molecule has 0 amide bonds. The Morgan fingerprint density at radius 1 is 1.25 bits per heavy atom. The second-order valence-corrected chi connectivity index (χ2v) is 2.88. The summed E-state index contributed by atoms with van der Waals surface area (Å²) >= 11 is 0. The van der Waals surface area contributed by atoms with Gasteiger partial charge in [0.05, 0.1) is 4.92 Å². The van der Waals surface area contributed by atoms with Crippen LogP contribution < -0.4 is 0 Å². The number of hydrogen-bond acceptors (Lipinski definition) is 2. The average molecular weight is 162 g/mol. The highest BCUT2D eigenvalue weighted by Crippen LogP contribution is 2.42. The van der Waals surface area contributed by atoms with Gasteiger partial charge in [0.2, 0.25) is 0 Å². The van der Waals surface area contributed by atoms with E-state index in [1.165, 1.54) is 5.92 Å². The van der Waals surface area contributed by atoms with E-state index in [1.807, 2.05) is 12.1 Å². The maximum absolute atomic E-state index is 10.5. The molecule has 12 heavy (non-hydrogen) atoms. The van der Waals surface area contributed by atoms with Crippen LogP contribution in [0.4, 0.5) is 5.69 Å². The molecule has 1 aromatic rings. The number of hydrogen-bond donors (Lipinski definition) is 0. The van der Waals surface area contributed by atoms with Crippen LogP contribution in [0.5, 0.6) is 0 Å². The highest BCUT2D eigenvalue weighted by Gasteiger charge is 2.30. The quantitative estimate of drug-likeness (QED) is 0.494. The van der Waals surface area contributed by atoms with E-state index in [2.05, 4.69) is 0 Å². The van der Waals surface area contributed by atoms with Crippen LogP contribution in [0.2, 0.25) is 0 Å². The molecule has 3 nitrogen and oxygen atoms in total. The third kappa shape index (κ3) is 1.18. The van der Waals surface area contributed by atoms with Crippen molar-refractivity contribution in [3.05, 3.63) is 45.9 Å². The predicted octanol–water partition coefficient (Wildman–Crippen LogP) is 2.31. The summed E-state index contributed by atoms with van der Waals surface area (Å²) in [7, 11) is 0. The zero-order chi connectivity index (χ0) is 8.55. The van der Waals surface area contributed by atoms with Gasteiger partial charge < -0.3 is 0 Å². The van der Waals surface area contributed by atoms with Crippen LogP contribution in [0, 0.1) is 16.0 Å². The Labute approximate surface area is 70.2 Å². The molecule has 61 valence electrons. The van der Waals surface area contributed by atoms with Crippen molar-refractivity contribution in [2.45, 2.75) is 12.8 Å². The number of para-hydroxylation sites is 1. The summed E-state index contributed by atoms with van der Waals surface area (Å²) in [5.41, 5.74) is 1.06. The second kappa shape index (κ2) is 2.59. The van der Waals surface area contributed by atoms with E-state index in [-0.39, 0.29) is 10.6 Å². The van der Waals surface area contributed by atoms with Crippen LogP contribution in [-0.4, -0.2) is 4.92 Å². The number of nitrogens with zero attached hydrogens (tertiary/aromatic N) is 1. The van der Waals surface area contributed by atoms with Crippen LogP contribution in [0.25, 0.3) is 0 Å². The van der Waals surface area contributed by atoms with Crippen molar-refractivity contribution in [1.82, 2.24) is 0 Å².